The molecule has 0 radical (unpaired) electrons. The molecule has 5 N–H and O–H groups in total. The molecule has 4 rings (SSSR count). The number of esters is 1. The van der Waals surface area contributed by atoms with Crippen molar-refractivity contribution in [1.29, 1.82) is 0 Å². The minimum atomic E-state index is -0.853. The first kappa shape index (κ1) is 29.4. The van der Waals surface area contributed by atoms with Crippen molar-refractivity contribution in [2.24, 2.45) is 0 Å². The lowest BCUT2D eigenvalue weighted by atomic mass is 10.0. The van der Waals surface area contributed by atoms with Gasteiger partial charge in [-0.2, -0.15) is 0 Å². The van der Waals surface area contributed by atoms with Crippen LogP contribution in [0.2, 0.25) is 0 Å². The number of rotatable bonds is 10. The highest BCUT2D eigenvalue weighted by Gasteiger charge is 2.26. The molecule has 1 atom stereocenters. The van der Waals surface area contributed by atoms with E-state index in [0.717, 1.165) is 43.6 Å². The van der Waals surface area contributed by atoms with Crippen LogP contribution in [0.25, 0.3) is 0 Å². The second-order valence-corrected chi connectivity index (χ2v) is 10.0. The summed E-state index contributed by atoms with van der Waals surface area (Å²) in [6.07, 6.45) is 1.78. The summed E-state index contributed by atoms with van der Waals surface area (Å²) in [5.41, 5.74) is 2.73. The molecule has 0 bridgehead atoms. The van der Waals surface area contributed by atoms with Gasteiger partial charge in [-0.3, -0.25) is 9.69 Å². The molecule has 10 nitrogen and oxygen atoms in total. The number of hydrogen-bond donors (Lipinski definition) is 5. The predicted molar refractivity (Wildman–Crippen MR) is 155 cm³/mol. The van der Waals surface area contributed by atoms with E-state index >= 15 is 0 Å². The molecule has 1 aliphatic heterocycles. The number of carbonyl (C=O) groups is 3. The average Bonchev–Trinajstić information content (AvgIpc) is 2.96. The fraction of sp³-hybridized carbons (Fsp3) is 0.323. The Kier molecular flexibility index (Phi) is 10.2. The molecule has 0 aromatic heterocycles. The van der Waals surface area contributed by atoms with Gasteiger partial charge in [0, 0.05) is 37.8 Å². The topological polar surface area (TPSA) is 140 Å². The van der Waals surface area contributed by atoms with Crippen LogP contribution in [-0.4, -0.2) is 64.8 Å². The fourth-order valence-electron chi connectivity index (χ4n) is 4.70. The lowest BCUT2D eigenvalue weighted by molar-refractivity contribution is -0.123. The van der Waals surface area contributed by atoms with Gasteiger partial charge in [0.15, 0.2) is 0 Å². The molecule has 3 aromatic rings. The normalized spacial score (nSPS) is 14.6. The third-order valence-electron chi connectivity index (χ3n) is 6.93. The summed E-state index contributed by atoms with van der Waals surface area (Å²) in [6, 6.07) is 18.5. The van der Waals surface area contributed by atoms with Gasteiger partial charge in [0.25, 0.3) is 0 Å². The molecule has 0 spiro atoms. The second-order valence-electron chi connectivity index (χ2n) is 10.0. The molecular weight excluding hydrogens is 524 g/mol. The number of anilines is 1. The molecule has 3 aromatic carbocycles. The first-order valence-corrected chi connectivity index (χ1v) is 13.7. The van der Waals surface area contributed by atoms with Crippen molar-refractivity contribution >= 4 is 23.6 Å². The van der Waals surface area contributed by atoms with Crippen LogP contribution >= 0.6 is 0 Å². The Balaban J connectivity index is 1.34. The van der Waals surface area contributed by atoms with E-state index in [1.807, 2.05) is 12.1 Å². The Morgan fingerprint density at radius 2 is 1.46 bits per heavy atom. The zero-order valence-electron chi connectivity index (χ0n) is 23.0. The number of hydrogen-bond acceptors (Lipinski definition) is 7. The largest absolute Gasteiger partial charge is 0.508 e. The highest BCUT2D eigenvalue weighted by Crippen LogP contribution is 2.17. The van der Waals surface area contributed by atoms with Gasteiger partial charge in [-0.05, 0) is 79.4 Å². The number of nitrogens with zero attached hydrogens (tertiary/aromatic N) is 1. The molecule has 0 saturated carbocycles. The van der Waals surface area contributed by atoms with Crippen molar-refractivity contribution in [2.75, 3.05) is 25.0 Å². The first-order valence-electron chi connectivity index (χ1n) is 13.7. The molecule has 41 heavy (non-hydrogen) atoms. The lowest BCUT2D eigenvalue weighted by Gasteiger charge is -2.33. The van der Waals surface area contributed by atoms with E-state index in [-0.39, 0.29) is 36.5 Å². The molecule has 216 valence electrons. The van der Waals surface area contributed by atoms with E-state index in [9.17, 15) is 24.6 Å². The highest BCUT2D eigenvalue weighted by molar-refractivity contribution is 5.95. The molecule has 1 heterocycles. The molecule has 0 aliphatic carbocycles. The van der Waals surface area contributed by atoms with Gasteiger partial charge in [-0.15, -0.1) is 0 Å². The third kappa shape index (κ3) is 8.97. The summed E-state index contributed by atoms with van der Waals surface area (Å²) in [5.74, 6) is -0.375. The van der Waals surface area contributed by atoms with Crippen LogP contribution in [0.5, 0.6) is 11.5 Å². The summed E-state index contributed by atoms with van der Waals surface area (Å²) in [7, 11) is 0. The van der Waals surface area contributed by atoms with Gasteiger partial charge in [-0.1, -0.05) is 24.3 Å². The van der Waals surface area contributed by atoms with Crippen LogP contribution < -0.4 is 16.0 Å². The van der Waals surface area contributed by atoms with Gasteiger partial charge in [-0.25, -0.2) is 9.59 Å². The second kappa shape index (κ2) is 14.2. The quantitative estimate of drug-likeness (QED) is 0.238. The van der Waals surface area contributed by atoms with Crippen LogP contribution in [0, 0.1) is 0 Å². The SMILES string of the molecule is CCOC(=O)c1ccc(NC(=O)N[C@@H](Cc2ccc(O)cc2)C(=O)NC2CCN(Cc3ccc(O)cc3)CC2)cc1. The van der Waals surface area contributed by atoms with Crippen molar-refractivity contribution in [1.82, 2.24) is 15.5 Å². The van der Waals surface area contributed by atoms with Crippen LogP contribution in [0.3, 0.4) is 0 Å². The van der Waals surface area contributed by atoms with Gasteiger partial charge in [0.05, 0.1) is 12.2 Å². The van der Waals surface area contributed by atoms with Gasteiger partial charge < -0.3 is 30.9 Å². The number of urea groups is 1. The number of benzene rings is 3. The molecule has 1 aliphatic rings. The maximum atomic E-state index is 13.4. The fourth-order valence-corrected chi connectivity index (χ4v) is 4.70. The molecular formula is C31H36N4O6. The van der Waals surface area contributed by atoms with Gasteiger partial charge in [0.1, 0.15) is 17.5 Å². The van der Waals surface area contributed by atoms with E-state index in [2.05, 4.69) is 20.9 Å². The Bertz CT molecular complexity index is 1300. The number of nitrogens with one attached hydrogen (secondary N) is 3. The van der Waals surface area contributed by atoms with Gasteiger partial charge in [0.2, 0.25) is 5.91 Å². The van der Waals surface area contributed by atoms with Crippen molar-refractivity contribution in [3.8, 4) is 11.5 Å². The monoisotopic (exact) mass is 560 g/mol. The van der Waals surface area contributed by atoms with Crippen LogP contribution in [0.15, 0.2) is 72.8 Å². The lowest BCUT2D eigenvalue weighted by Crippen LogP contribution is -2.53. The number of ether oxygens (including phenoxy) is 1. The van der Waals surface area contributed by atoms with Crippen molar-refractivity contribution < 1.29 is 29.3 Å². The molecule has 1 saturated heterocycles. The Hall–Kier alpha value is -4.57. The van der Waals surface area contributed by atoms with Crippen molar-refractivity contribution in [3.05, 3.63) is 89.5 Å². The number of amides is 3. The van der Waals surface area contributed by atoms with Crippen LogP contribution in [0.1, 0.15) is 41.3 Å². The zero-order valence-corrected chi connectivity index (χ0v) is 23.0. The Morgan fingerprint density at radius 1 is 0.878 bits per heavy atom. The number of phenolic OH excluding ortho intramolecular Hbond substituents is 2. The summed E-state index contributed by atoms with van der Waals surface area (Å²) in [5, 5.41) is 27.7. The van der Waals surface area contributed by atoms with Crippen molar-refractivity contribution in [3.63, 3.8) is 0 Å². The maximum Gasteiger partial charge on any atom is 0.338 e. The predicted octanol–water partition coefficient (Wildman–Crippen LogP) is 3.79. The van der Waals surface area contributed by atoms with E-state index in [0.29, 0.717) is 11.3 Å². The maximum absolute atomic E-state index is 13.4. The smallest absolute Gasteiger partial charge is 0.338 e. The Labute approximate surface area is 239 Å². The van der Waals surface area contributed by atoms with E-state index < -0.39 is 18.0 Å². The summed E-state index contributed by atoms with van der Waals surface area (Å²) in [6.45, 7) is 4.39. The summed E-state index contributed by atoms with van der Waals surface area (Å²) >= 11 is 0. The minimum Gasteiger partial charge on any atom is -0.508 e. The molecule has 1 fully saturated rings. The molecule has 0 unspecified atom stereocenters. The number of phenols is 2. The first-order chi connectivity index (χ1) is 19.8. The number of piperidine rings is 1. The third-order valence-corrected chi connectivity index (χ3v) is 6.93. The van der Waals surface area contributed by atoms with Crippen LogP contribution in [0.4, 0.5) is 10.5 Å². The number of aromatic hydroxyl groups is 2. The van der Waals surface area contributed by atoms with Crippen LogP contribution in [-0.2, 0) is 22.5 Å². The number of carbonyl (C=O) groups excluding carboxylic acids is 3. The van der Waals surface area contributed by atoms with Gasteiger partial charge >= 0.3 is 12.0 Å². The molecule has 3 amide bonds. The van der Waals surface area contributed by atoms with E-state index in [1.54, 1.807) is 67.6 Å². The highest BCUT2D eigenvalue weighted by atomic mass is 16.5. The average molecular weight is 561 g/mol. The summed E-state index contributed by atoms with van der Waals surface area (Å²) in [4.78, 5) is 40.4. The Morgan fingerprint density at radius 3 is 2.05 bits per heavy atom. The van der Waals surface area contributed by atoms with Crippen molar-refractivity contribution in [2.45, 2.75) is 44.8 Å². The molecule has 10 heteroatoms. The minimum absolute atomic E-state index is 0.0267. The number of likely N-dealkylation sites (tertiary alicyclic amines) is 1. The van der Waals surface area contributed by atoms with E-state index in [4.69, 9.17) is 4.74 Å². The summed E-state index contributed by atoms with van der Waals surface area (Å²) < 4.78 is 4.98. The standard InChI is InChI=1S/C31H36N4O6/c1-2-41-30(39)23-7-9-24(10-8-23)33-31(40)34-28(19-21-3-11-26(36)12-4-21)29(38)32-25-15-17-35(18-16-25)20-22-5-13-27(37)14-6-22/h3-14,25,28,36-37H,2,15-20H2,1H3,(H,32,38)(H2,33,34,40)/t28-/m0/s1. The zero-order chi connectivity index (χ0) is 29.2. The van der Waals surface area contributed by atoms with E-state index in [1.165, 1.54) is 0 Å².